The average molecular weight is 248 g/mol. The third-order valence-electron chi connectivity index (χ3n) is 4.33. The summed E-state index contributed by atoms with van der Waals surface area (Å²) in [5.41, 5.74) is 11.4. The standard InChI is InChI=1S/C19H20/c1-12-10-18-14(3)8-9-17(19(18)11-12)16-7-5-6-13(2)15(16)4/h5-9,11H,10H2,1-4H3. The van der Waals surface area contributed by atoms with E-state index in [1.165, 1.54) is 44.5 Å². The van der Waals surface area contributed by atoms with Crippen LogP contribution >= 0.6 is 0 Å². The Labute approximate surface area is 115 Å². The Kier molecular flexibility index (Phi) is 2.82. The van der Waals surface area contributed by atoms with Crippen molar-refractivity contribution in [2.45, 2.75) is 34.1 Å². The predicted molar refractivity (Wildman–Crippen MR) is 83.4 cm³/mol. The van der Waals surface area contributed by atoms with Gasteiger partial charge in [-0.15, -0.1) is 0 Å². The van der Waals surface area contributed by atoms with Gasteiger partial charge >= 0.3 is 0 Å². The molecule has 2 aromatic rings. The van der Waals surface area contributed by atoms with Crippen molar-refractivity contribution in [1.29, 1.82) is 0 Å². The molecular weight excluding hydrogens is 228 g/mol. The second-order valence-electron chi connectivity index (χ2n) is 5.74. The second kappa shape index (κ2) is 4.38. The van der Waals surface area contributed by atoms with Crippen LogP contribution < -0.4 is 0 Å². The molecular formula is C19H20. The van der Waals surface area contributed by atoms with Crippen LogP contribution in [0.1, 0.15) is 34.7 Å². The van der Waals surface area contributed by atoms with Gasteiger partial charge in [0.15, 0.2) is 0 Å². The number of fused-ring (bicyclic) bond motifs is 1. The van der Waals surface area contributed by atoms with Crippen LogP contribution in [0.4, 0.5) is 0 Å². The minimum Gasteiger partial charge on any atom is -0.0683 e. The maximum absolute atomic E-state index is 2.36. The molecule has 0 radical (unpaired) electrons. The zero-order chi connectivity index (χ0) is 13.6. The van der Waals surface area contributed by atoms with E-state index < -0.39 is 0 Å². The van der Waals surface area contributed by atoms with E-state index in [1.54, 1.807) is 0 Å². The minimum atomic E-state index is 1.11. The van der Waals surface area contributed by atoms with Crippen LogP contribution in [-0.4, -0.2) is 0 Å². The number of hydrogen-bond acceptors (Lipinski definition) is 0. The number of allylic oxidation sites excluding steroid dienone is 1. The molecule has 0 N–H and O–H groups in total. The maximum Gasteiger partial charge on any atom is -0.00577 e. The van der Waals surface area contributed by atoms with Crippen molar-refractivity contribution >= 4 is 6.08 Å². The smallest absolute Gasteiger partial charge is 0.00577 e. The summed E-state index contributed by atoms with van der Waals surface area (Å²) < 4.78 is 0. The monoisotopic (exact) mass is 248 g/mol. The number of hydrogen-bond donors (Lipinski definition) is 0. The first kappa shape index (κ1) is 12.2. The highest BCUT2D eigenvalue weighted by Gasteiger charge is 2.17. The van der Waals surface area contributed by atoms with Gasteiger partial charge in [0.2, 0.25) is 0 Å². The van der Waals surface area contributed by atoms with Crippen LogP contribution in [0.3, 0.4) is 0 Å². The predicted octanol–water partition coefficient (Wildman–Crippen LogP) is 5.24. The minimum absolute atomic E-state index is 1.11. The molecule has 0 heterocycles. The van der Waals surface area contributed by atoms with Gasteiger partial charge in [-0.05, 0) is 73.1 Å². The first-order valence-electron chi connectivity index (χ1n) is 6.94. The highest BCUT2D eigenvalue weighted by Crippen LogP contribution is 2.37. The summed E-state index contributed by atoms with van der Waals surface area (Å²) in [5.74, 6) is 0. The van der Waals surface area contributed by atoms with Crippen molar-refractivity contribution in [3.8, 4) is 11.1 Å². The lowest BCUT2D eigenvalue weighted by Crippen LogP contribution is -1.94. The van der Waals surface area contributed by atoms with Crippen molar-refractivity contribution in [2.75, 3.05) is 0 Å². The fraction of sp³-hybridized carbons (Fsp3) is 0.263. The molecule has 0 nitrogen and oxygen atoms in total. The molecule has 1 aliphatic carbocycles. The van der Waals surface area contributed by atoms with Gasteiger partial charge in [-0.3, -0.25) is 0 Å². The summed E-state index contributed by atoms with van der Waals surface area (Å²) in [6.45, 7) is 8.86. The van der Waals surface area contributed by atoms with Crippen molar-refractivity contribution in [3.05, 3.63) is 63.7 Å². The van der Waals surface area contributed by atoms with Gasteiger partial charge < -0.3 is 0 Å². The summed E-state index contributed by atoms with van der Waals surface area (Å²) in [4.78, 5) is 0. The van der Waals surface area contributed by atoms with Gasteiger partial charge in [0.05, 0.1) is 0 Å². The van der Waals surface area contributed by atoms with Gasteiger partial charge in [0, 0.05) is 0 Å². The molecule has 0 fully saturated rings. The zero-order valence-corrected chi connectivity index (χ0v) is 12.2. The average Bonchev–Trinajstić information content (AvgIpc) is 2.76. The third kappa shape index (κ3) is 1.92. The first-order valence-corrected chi connectivity index (χ1v) is 6.94. The molecule has 19 heavy (non-hydrogen) atoms. The van der Waals surface area contributed by atoms with E-state index in [4.69, 9.17) is 0 Å². The van der Waals surface area contributed by atoms with Gasteiger partial charge in [0.1, 0.15) is 0 Å². The van der Waals surface area contributed by atoms with Crippen molar-refractivity contribution in [2.24, 2.45) is 0 Å². The van der Waals surface area contributed by atoms with Crippen molar-refractivity contribution < 1.29 is 0 Å². The lowest BCUT2D eigenvalue weighted by atomic mass is 9.90. The van der Waals surface area contributed by atoms with E-state index in [9.17, 15) is 0 Å². The Bertz CT molecular complexity index is 687. The van der Waals surface area contributed by atoms with Crippen LogP contribution in [0.2, 0.25) is 0 Å². The second-order valence-corrected chi connectivity index (χ2v) is 5.74. The molecule has 0 heteroatoms. The first-order chi connectivity index (χ1) is 9.08. The SMILES string of the molecule is CC1=Cc2c(-c3cccc(C)c3C)ccc(C)c2C1. The Morgan fingerprint density at radius 3 is 2.37 bits per heavy atom. The van der Waals surface area contributed by atoms with Crippen molar-refractivity contribution in [1.82, 2.24) is 0 Å². The normalized spacial score (nSPS) is 13.4. The van der Waals surface area contributed by atoms with E-state index in [2.05, 4.69) is 64.1 Å². The summed E-state index contributed by atoms with van der Waals surface area (Å²) in [6, 6.07) is 11.1. The van der Waals surface area contributed by atoms with Crippen LogP contribution in [-0.2, 0) is 6.42 Å². The van der Waals surface area contributed by atoms with Crippen LogP contribution in [0, 0.1) is 20.8 Å². The molecule has 3 rings (SSSR count). The number of rotatable bonds is 1. The van der Waals surface area contributed by atoms with Crippen LogP contribution in [0.25, 0.3) is 17.2 Å². The Balaban J connectivity index is 2.28. The molecule has 0 bridgehead atoms. The summed E-state index contributed by atoms with van der Waals surface area (Å²) in [6.07, 6.45) is 3.47. The van der Waals surface area contributed by atoms with E-state index in [0.29, 0.717) is 0 Å². The molecule has 2 aromatic carbocycles. The Hall–Kier alpha value is -1.82. The van der Waals surface area contributed by atoms with Gasteiger partial charge in [-0.1, -0.05) is 42.0 Å². The molecule has 0 aliphatic heterocycles. The molecule has 0 aromatic heterocycles. The molecule has 0 unspecified atom stereocenters. The number of benzene rings is 2. The molecule has 1 aliphatic rings. The quantitative estimate of drug-likeness (QED) is 0.647. The topological polar surface area (TPSA) is 0 Å². The molecule has 0 saturated heterocycles. The third-order valence-corrected chi connectivity index (χ3v) is 4.33. The molecule has 0 saturated carbocycles. The Morgan fingerprint density at radius 2 is 1.58 bits per heavy atom. The highest BCUT2D eigenvalue weighted by molar-refractivity contribution is 5.83. The summed E-state index contributed by atoms with van der Waals surface area (Å²) in [5, 5.41) is 0. The zero-order valence-electron chi connectivity index (χ0n) is 12.2. The Morgan fingerprint density at radius 1 is 0.789 bits per heavy atom. The van der Waals surface area contributed by atoms with E-state index >= 15 is 0 Å². The van der Waals surface area contributed by atoms with Crippen LogP contribution in [0.5, 0.6) is 0 Å². The largest absolute Gasteiger partial charge is 0.0683 e. The lowest BCUT2D eigenvalue weighted by Gasteiger charge is -2.14. The van der Waals surface area contributed by atoms with E-state index in [-0.39, 0.29) is 0 Å². The fourth-order valence-corrected chi connectivity index (χ4v) is 3.03. The molecule has 96 valence electrons. The summed E-state index contributed by atoms with van der Waals surface area (Å²) in [7, 11) is 0. The fourth-order valence-electron chi connectivity index (χ4n) is 3.03. The summed E-state index contributed by atoms with van der Waals surface area (Å²) >= 11 is 0. The molecule has 0 amide bonds. The van der Waals surface area contributed by atoms with Gasteiger partial charge in [0.25, 0.3) is 0 Å². The van der Waals surface area contributed by atoms with Gasteiger partial charge in [-0.25, -0.2) is 0 Å². The van der Waals surface area contributed by atoms with Crippen molar-refractivity contribution in [3.63, 3.8) is 0 Å². The van der Waals surface area contributed by atoms with Gasteiger partial charge in [-0.2, -0.15) is 0 Å². The molecule has 0 atom stereocenters. The highest BCUT2D eigenvalue weighted by atomic mass is 14.2. The maximum atomic E-state index is 2.36. The van der Waals surface area contributed by atoms with E-state index in [0.717, 1.165) is 6.42 Å². The van der Waals surface area contributed by atoms with Crippen LogP contribution in [0.15, 0.2) is 35.9 Å². The van der Waals surface area contributed by atoms with E-state index in [1.807, 2.05) is 0 Å². The lowest BCUT2D eigenvalue weighted by molar-refractivity contribution is 1.16. The molecule has 0 spiro atoms. The number of aryl methyl sites for hydroxylation is 2.